The lowest BCUT2D eigenvalue weighted by Gasteiger charge is -2.20. The minimum atomic E-state index is -1.87. The van der Waals surface area contributed by atoms with Crippen LogP contribution in [0.2, 0.25) is 0 Å². The molecule has 2 amide bonds. The van der Waals surface area contributed by atoms with E-state index >= 15 is 0 Å². The zero-order valence-corrected chi connectivity index (χ0v) is 13.9. The SMILES string of the molecule is CN(C)C(=O)[C@H](O)[C@@H](O)C(=O)Nc1ccc(Oc2ccccc2)cc1. The third-order valence-electron chi connectivity index (χ3n) is 3.36. The summed E-state index contributed by atoms with van der Waals surface area (Å²) in [5, 5.41) is 21.9. The topological polar surface area (TPSA) is 99.1 Å². The molecular formula is C18H20N2O5. The summed E-state index contributed by atoms with van der Waals surface area (Å²) in [6.45, 7) is 0. The third-order valence-corrected chi connectivity index (χ3v) is 3.36. The second-order valence-electron chi connectivity index (χ2n) is 5.55. The molecule has 0 bridgehead atoms. The van der Waals surface area contributed by atoms with E-state index in [0.29, 0.717) is 17.2 Å². The number of aliphatic hydroxyl groups is 2. The van der Waals surface area contributed by atoms with Gasteiger partial charge in [-0.2, -0.15) is 0 Å². The average Bonchev–Trinajstić information content (AvgIpc) is 2.62. The van der Waals surface area contributed by atoms with Crippen LogP contribution in [-0.4, -0.2) is 53.2 Å². The Labute approximate surface area is 145 Å². The highest BCUT2D eigenvalue weighted by Crippen LogP contribution is 2.22. The van der Waals surface area contributed by atoms with Gasteiger partial charge >= 0.3 is 0 Å². The second kappa shape index (κ2) is 8.27. The summed E-state index contributed by atoms with van der Waals surface area (Å²) in [6.07, 6.45) is -3.69. The molecule has 2 aromatic rings. The molecule has 0 aliphatic rings. The zero-order chi connectivity index (χ0) is 18.4. The summed E-state index contributed by atoms with van der Waals surface area (Å²) >= 11 is 0. The molecule has 7 nitrogen and oxygen atoms in total. The Bertz CT molecular complexity index is 716. The van der Waals surface area contributed by atoms with Gasteiger partial charge in [-0.3, -0.25) is 9.59 Å². The molecule has 0 fully saturated rings. The number of nitrogens with zero attached hydrogens (tertiary/aromatic N) is 1. The van der Waals surface area contributed by atoms with Gasteiger partial charge in [0.15, 0.2) is 12.2 Å². The fraction of sp³-hybridized carbons (Fsp3) is 0.222. The summed E-state index contributed by atoms with van der Waals surface area (Å²) in [5.74, 6) is -0.374. The lowest BCUT2D eigenvalue weighted by Crippen LogP contribution is -2.47. The summed E-state index contributed by atoms with van der Waals surface area (Å²) in [5.41, 5.74) is 0.397. The Hall–Kier alpha value is -2.90. The van der Waals surface area contributed by atoms with Crippen molar-refractivity contribution in [1.29, 1.82) is 0 Å². The van der Waals surface area contributed by atoms with E-state index in [4.69, 9.17) is 4.74 Å². The molecule has 0 unspecified atom stereocenters. The van der Waals surface area contributed by atoms with E-state index in [1.165, 1.54) is 14.1 Å². The van der Waals surface area contributed by atoms with Gasteiger partial charge in [-0.25, -0.2) is 0 Å². The lowest BCUT2D eigenvalue weighted by atomic mass is 10.1. The number of carbonyl (C=O) groups is 2. The standard InChI is InChI=1S/C18H20N2O5/c1-20(2)18(24)16(22)15(21)17(23)19-12-8-10-14(11-9-12)25-13-6-4-3-5-7-13/h3-11,15-16,21-22H,1-2H3,(H,19,23)/t15-,16-/m1/s1. The van der Waals surface area contributed by atoms with Gasteiger partial charge in [0.05, 0.1) is 0 Å². The van der Waals surface area contributed by atoms with Crippen molar-refractivity contribution in [3.8, 4) is 11.5 Å². The molecule has 0 heterocycles. The van der Waals surface area contributed by atoms with Crippen molar-refractivity contribution in [2.45, 2.75) is 12.2 Å². The van der Waals surface area contributed by atoms with Crippen molar-refractivity contribution in [3.63, 3.8) is 0 Å². The highest BCUT2D eigenvalue weighted by atomic mass is 16.5. The van der Waals surface area contributed by atoms with Crippen molar-refractivity contribution in [3.05, 3.63) is 54.6 Å². The smallest absolute Gasteiger partial charge is 0.256 e. The van der Waals surface area contributed by atoms with Crippen LogP contribution in [0.4, 0.5) is 5.69 Å². The molecule has 7 heteroatoms. The van der Waals surface area contributed by atoms with Gasteiger partial charge in [0.2, 0.25) is 0 Å². The van der Waals surface area contributed by atoms with Crippen molar-refractivity contribution < 1.29 is 24.5 Å². The van der Waals surface area contributed by atoms with Crippen molar-refractivity contribution in [2.75, 3.05) is 19.4 Å². The number of hydrogen-bond acceptors (Lipinski definition) is 5. The normalized spacial score (nSPS) is 12.8. The van der Waals surface area contributed by atoms with Gasteiger partial charge in [-0.15, -0.1) is 0 Å². The Morgan fingerprint density at radius 2 is 1.48 bits per heavy atom. The molecule has 0 radical (unpaired) electrons. The molecule has 25 heavy (non-hydrogen) atoms. The number of likely N-dealkylation sites (N-methyl/N-ethyl adjacent to an activating group) is 1. The van der Waals surface area contributed by atoms with E-state index in [0.717, 1.165) is 4.90 Å². The molecule has 0 aliphatic carbocycles. The predicted octanol–water partition coefficient (Wildman–Crippen LogP) is 1.23. The molecule has 0 aromatic heterocycles. The molecule has 3 N–H and O–H groups in total. The van der Waals surface area contributed by atoms with E-state index in [9.17, 15) is 19.8 Å². The first-order valence-corrected chi connectivity index (χ1v) is 7.59. The maximum atomic E-state index is 11.9. The van der Waals surface area contributed by atoms with E-state index in [1.54, 1.807) is 24.3 Å². The molecule has 0 aliphatic heterocycles. The van der Waals surface area contributed by atoms with Crippen LogP contribution in [-0.2, 0) is 9.59 Å². The van der Waals surface area contributed by atoms with Gasteiger partial charge in [0, 0.05) is 19.8 Å². The molecule has 2 aromatic carbocycles. The molecule has 2 rings (SSSR count). The maximum absolute atomic E-state index is 11.9. The summed E-state index contributed by atoms with van der Waals surface area (Å²) in [6, 6.07) is 15.7. The Kier molecular flexibility index (Phi) is 6.10. The fourth-order valence-electron chi connectivity index (χ4n) is 1.99. The number of benzene rings is 2. The van der Waals surface area contributed by atoms with Crippen molar-refractivity contribution in [1.82, 2.24) is 4.90 Å². The molecule has 0 saturated carbocycles. The van der Waals surface area contributed by atoms with Crippen LogP contribution in [0.15, 0.2) is 54.6 Å². The number of rotatable bonds is 6. The van der Waals surface area contributed by atoms with Crippen LogP contribution in [0.1, 0.15) is 0 Å². The number of hydrogen-bond donors (Lipinski definition) is 3. The van der Waals surface area contributed by atoms with Gasteiger partial charge < -0.3 is 25.2 Å². The highest BCUT2D eigenvalue weighted by molar-refractivity contribution is 5.98. The highest BCUT2D eigenvalue weighted by Gasteiger charge is 2.31. The van der Waals surface area contributed by atoms with Crippen LogP contribution in [0.5, 0.6) is 11.5 Å². The number of anilines is 1. The number of amides is 2. The quantitative estimate of drug-likeness (QED) is 0.732. The third kappa shape index (κ3) is 5.03. The monoisotopic (exact) mass is 344 g/mol. The summed E-state index contributed by atoms with van der Waals surface area (Å²) in [7, 11) is 2.84. The molecule has 0 spiro atoms. The minimum absolute atomic E-state index is 0.397. The van der Waals surface area contributed by atoms with E-state index < -0.39 is 24.0 Å². The number of aliphatic hydroxyl groups excluding tert-OH is 2. The first-order chi connectivity index (χ1) is 11.9. The Morgan fingerprint density at radius 3 is 2.04 bits per heavy atom. The number of carbonyl (C=O) groups excluding carboxylic acids is 2. The molecule has 0 saturated heterocycles. The molecule has 2 atom stereocenters. The number of ether oxygens (including phenoxy) is 1. The zero-order valence-electron chi connectivity index (χ0n) is 13.9. The van der Waals surface area contributed by atoms with Crippen LogP contribution >= 0.6 is 0 Å². The van der Waals surface area contributed by atoms with Crippen LogP contribution < -0.4 is 10.1 Å². The first-order valence-electron chi connectivity index (χ1n) is 7.59. The Morgan fingerprint density at radius 1 is 0.920 bits per heavy atom. The minimum Gasteiger partial charge on any atom is -0.457 e. The lowest BCUT2D eigenvalue weighted by molar-refractivity contribution is -0.149. The molecular weight excluding hydrogens is 324 g/mol. The average molecular weight is 344 g/mol. The fourth-order valence-corrected chi connectivity index (χ4v) is 1.99. The second-order valence-corrected chi connectivity index (χ2v) is 5.55. The summed E-state index contributed by atoms with van der Waals surface area (Å²) in [4.78, 5) is 24.6. The maximum Gasteiger partial charge on any atom is 0.256 e. The van der Waals surface area contributed by atoms with Crippen molar-refractivity contribution in [2.24, 2.45) is 0 Å². The van der Waals surface area contributed by atoms with Crippen molar-refractivity contribution >= 4 is 17.5 Å². The van der Waals surface area contributed by atoms with Crippen LogP contribution in [0, 0.1) is 0 Å². The van der Waals surface area contributed by atoms with Gasteiger partial charge in [-0.1, -0.05) is 18.2 Å². The van der Waals surface area contributed by atoms with Crippen LogP contribution in [0.3, 0.4) is 0 Å². The summed E-state index contributed by atoms with van der Waals surface area (Å²) < 4.78 is 5.63. The number of nitrogens with one attached hydrogen (secondary N) is 1. The first kappa shape index (κ1) is 18.4. The van der Waals surface area contributed by atoms with E-state index in [2.05, 4.69) is 5.32 Å². The predicted molar refractivity (Wildman–Crippen MR) is 92.3 cm³/mol. The Balaban J connectivity index is 1.96. The van der Waals surface area contributed by atoms with Gasteiger partial charge in [0.1, 0.15) is 11.5 Å². The molecule has 132 valence electrons. The van der Waals surface area contributed by atoms with Gasteiger partial charge in [0.25, 0.3) is 11.8 Å². The van der Waals surface area contributed by atoms with E-state index in [1.807, 2.05) is 30.3 Å². The van der Waals surface area contributed by atoms with Gasteiger partial charge in [-0.05, 0) is 36.4 Å². The van der Waals surface area contributed by atoms with E-state index in [-0.39, 0.29) is 0 Å². The largest absolute Gasteiger partial charge is 0.457 e. The number of para-hydroxylation sites is 1. The van der Waals surface area contributed by atoms with Crippen LogP contribution in [0.25, 0.3) is 0 Å².